The Morgan fingerprint density at radius 2 is 1.97 bits per heavy atom. The predicted octanol–water partition coefficient (Wildman–Crippen LogP) is 5.97. The number of halogens is 3. The summed E-state index contributed by atoms with van der Waals surface area (Å²) in [6, 6.07) is 11.0. The smallest absolute Gasteiger partial charge is 0.416 e. The summed E-state index contributed by atoms with van der Waals surface area (Å²) in [4.78, 5) is 4.53. The number of alkyl halides is 3. The van der Waals surface area contributed by atoms with E-state index in [1.807, 2.05) is 18.2 Å². The molecule has 0 saturated carbocycles. The average Bonchev–Trinajstić information content (AvgIpc) is 2.75. The van der Waals surface area contributed by atoms with Gasteiger partial charge in [0.2, 0.25) is 0 Å². The molecule has 1 unspecified atom stereocenters. The maximum absolute atomic E-state index is 13.0. The second-order valence-electron chi connectivity index (χ2n) is 7.40. The molecule has 3 rings (SSSR count). The van der Waals surface area contributed by atoms with Gasteiger partial charge in [-0.2, -0.15) is 13.2 Å². The first kappa shape index (κ1) is 22.6. The van der Waals surface area contributed by atoms with Crippen molar-refractivity contribution in [1.82, 2.24) is 4.98 Å². The molecule has 31 heavy (non-hydrogen) atoms. The number of nitrogens with zero attached hydrogens (tertiary/aromatic N) is 1. The number of rotatable bonds is 8. The molecule has 1 aromatic heterocycles. The molecule has 0 amide bonds. The summed E-state index contributed by atoms with van der Waals surface area (Å²) in [6.45, 7) is 2.71. The van der Waals surface area contributed by atoms with Gasteiger partial charge in [-0.1, -0.05) is 24.3 Å². The molecule has 7 heteroatoms. The molecule has 0 bridgehead atoms. The van der Waals surface area contributed by atoms with Crippen LogP contribution in [0.5, 0.6) is 5.75 Å². The Morgan fingerprint density at radius 1 is 1.16 bits per heavy atom. The standard InChI is InChI=1S/C24H26F3N3O/c1-16(5-4-11-28)30-22-15-20(31-2)14-21-18(10-12-29-23(21)22)9-8-17-6-3-7-19(13-17)24(25,26)27/h3,6-10,12-16,30H,4-5,11,28H2,1-2H3. The van der Waals surface area contributed by atoms with E-state index in [1.54, 1.807) is 31.5 Å². The molecule has 0 aliphatic heterocycles. The Bertz CT molecular complexity index is 1060. The van der Waals surface area contributed by atoms with Gasteiger partial charge in [0, 0.05) is 23.7 Å². The van der Waals surface area contributed by atoms with Gasteiger partial charge in [-0.05, 0) is 61.7 Å². The van der Waals surface area contributed by atoms with Gasteiger partial charge in [0.15, 0.2) is 0 Å². The quantitative estimate of drug-likeness (QED) is 0.463. The van der Waals surface area contributed by atoms with Gasteiger partial charge in [0.1, 0.15) is 5.75 Å². The molecule has 1 atom stereocenters. The number of aromatic nitrogens is 1. The molecule has 3 N–H and O–H groups in total. The molecule has 3 aromatic rings. The molecule has 0 saturated heterocycles. The van der Waals surface area contributed by atoms with E-state index in [2.05, 4.69) is 17.2 Å². The Balaban J connectivity index is 1.98. The second-order valence-corrected chi connectivity index (χ2v) is 7.40. The van der Waals surface area contributed by atoms with E-state index in [1.165, 1.54) is 6.07 Å². The third kappa shape index (κ3) is 5.76. The lowest BCUT2D eigenvalue weighted by Crippen LogP contribution is -2.17. The monoisotopic (exact) mass is 429 g/mol. The molecule has 0 fully saturated rings. The fourth-order valence-corrected chi connectivity index (χ4v) is 3.39. The van der Waals surface area contributed by atoms with Crippen LogP contribution in [0.15, 0.2) is 48.7 Å². The third-order valence-corrected chi connectivity index (χ3v) is 5.00. The van der Waals surface area contributed by atoms with Crippen LogP contribution in [0.25, 0.3) is 23.1 Å². The number of nitrogens with two attached hydrogens (primary N) is 1. The van der Waals surface area contributed by atoms with Crippen molar-refractivity contribution < 1.29 is 17.9 Å². The number of nitrogens with one attached hydrogen (secondary N) is 1. The highest BCUT2D eigenvalue weighted by Gasteiger charge is 2.30. The molecule has 0 spiro atoms. The fourth-order valence-electron chi connectivity index (χ4n) is 3.39. The first-order valence-electron chi connectivity index (χ1n) is 10.1. The molecule has 4 nitrogen and oxygen atoms in total. The van der Waals surface area contributed by atoms with Gasteiger partial charge in [0.25, 0.3) is 0 Å². The zero-order valence-electron chi connectivity index (χ0n) is 17.5. The average molecular weight is 429 g/mol. The number of methoxy groups -OCH3 is 1. The summed E-state index contributed by atoms with van der Waals surface area (Å²) in [7, 11) is 1.59. The van der Waals surface area contributed by atoms with Crippen molar-refractivity contribution >= 4 is 28.7 Å². The number of fused-ring (bicyclic) bond motifs is 1. The van der Waals surface area contributed by atoms with Crippen LogP contribution in [-0.4, -0.2) is 24.7 Å². The van der Waals surface area contributed by atoms with E-state index >= 15 is 0 Å². The van der Waals surface area contributed by atoms with E-state index in [9.17, 15) is 13.2 Å². The van der Waals surface area contributed by atoms with Crippen molar-refractivity contribution in [2.75, 3.05) is 19.0 Å². The van der Waals surface area contributed by atoms with Crippen LogP contribution in [0.3, 0.4) is 0 Å². The van der Waals surface area contributed by atoms with Crippen molar-refractivity contribution in [2.24, 2.45) is 5.73 Å². The fraction of sp³-hybridized carbons (Fsp3) is 0.292. The first-order chi connectivity index (χ1) is 14.8. The van der Waals surface area contributed by atoms with E-state index in [0.29, 0.717) is 17.9 Å². The van der Waals surface area contributed by atoms with Gasteiger partial charge in [-0.25, -0.2) is 0 Å². The zero-order valence-corrected chi connectivity index (χ0v) is 17.5. The van der Waals surface area contributed by atoms with Gasteiger partial charge in [0.05, 0.1) is 23.9 Å². The van der Waals surface area contributed by atoms with Crippen LogP contribution in [0.4, 0.5) is 18.9 Å². The summed E-state index contributed by atoms with van der Waals surface area (Å²) in [5.74, 6) is 0.669. The Kier molecular flexibility index (Phi) is 7.17. The minimum atomic E-state index is -4.37. The predicted molar refractivity (Wildman–Crippen MR) is 120 cm³/mol. The van der Waals surface area contributed by atoms with Crippen LogP contribution >= 0.6 is 0 Å². The second kappa shape index (κ2) is 9.83. The lowest BCUT2D eigenvalue weighted by molar-refractivity contribution is -0.137. The minimum absolute atomic E-state index is 0.199. The highest BCUT2D eigenvalue weighted by Crippen LogP contribution is 2.32. The van der Waals surface area contributed by atoms with E-state index < -0.39 is 11.7 Å². The van der Waals surface area contributed by atoms with Crippen molar-refractivity contribution in [3.05, 3.63) is 65.4 Å². The van der Waals surface area contributed by atoms with Gasteiger partial charge in [-0.15, -0.1) is 0 Å². The van der Waals surface area contributed by atoms with Crippen molar-refractivity contribution in [3.63, 3.8) is 0 Å². The van der Waals surface area contributed by atoms with Gasteiger partial charge in [-0.3, -0.25) is 4.98 Å². The van der Waals surface area contributed by atoms with Crippen LogP contribution in [0, 0.1) is 0 Å². The van der Waals surface area contributed by atoms with Crippen molar-refractivity contribution in [2.45, 2.75) is 32.0 Å². The zero-order chi connectivity index (χ0) is 22.4. The SMILES string of the molecule is COc1cc(NC(C)CCCN)c2nccc(C=Cc3cccc(C(F)(F)F)c3)c2c1. The number of pyridine rings is 1. The molecular formula is C24H26F3N3O. The lowest BCUT2D eigenvalue weighted by Gasteiger charge is -2.18. The van der Waals surface area contributed by atoms with Crippen molar-refractivity contribution in [3.8, 4) is 5.75 Å². The number of anilines is 1. The largest absolute Gasteiger partial charge is 0.497 e. The van der Waals surface area contributed by atoms with Crippen molar-refractivity contribution in [1.29, 1.82) is 0 Å². The molecule has 0 aliphatic rings. The molecular weight excluding hydrogens is 403 g/mol. The van der Waals surface area contributed by atoms with E-state index in [0.717, 1.165) is 47.1 Å². The van der Waals surface area contributed by atoms with Crippen LogP contribution in [0.1, 0.15) is 36.5 Å². The first-order valence-corrected chi connectivity index (χ1v) is 10.1. The number of hydrogen-bond donors (Lipinski definition) is 2. The van der Waals surface area contributed by atoms with Gasteiger partial charge >= 0.3 is 6.18 Å². The highest BCUT2D eigenvalue weighted by molar-refractivity contribution is 5.98. The summed E-state index contributed by atoms with van der Waals surface area (Å²) in [5.41, 5.74) is 7.85. The third-order valence-electron chi connectivity index (χ3n) is 5.00. The van der Waals surface area contributed by atoms with E-state index in [4.69, 9.17) is 10.5 Å². The Morgan fingerprint density at radius 3 is 2.68 bits per heavy atom. The molecule has 2 aromatic carbocycles. The maximum Gasteiger partial charge on any atom is 0.416 e. The topological polar surface area (TPSA) is 60.2 Å². The molecule has 164 valence electrons. The Labute approximate surface area is 179 Å². The number of ether oxygens (including phenoxy) is 1. The summed E-state index contributed by atoms with van der Waals surface area (Å²) in [6.07, 6.45) is 2.61. The number of benzene rings is 2. The summed E-state index contributed by atoms with van der Waals surface area (Å²) < 4.78 is 44.4. The van der Waals surface area contributed by atoms with Crippen LogP contribution in [0.2, 0.25) is 0 Å². The van der Waals surface area contributed by atoms with E-state index in [-0.39, 0.29) is 6.04 Å². The molecule has 1 heterocycles. The summed E-state index contributed by atoms with van der Waals surface area (Å²) in [5, 5.41) is 4.32. The summed E-state index contributed by atoms with van der Waals surface area (Å²) >= 11 is 0. The van der Waals surface area contributed by atoms with Crippen LogP contribution < -0.4 is 15.8 Å². The highest BCUT2D eigenvalue weighted by atomic mass is 19.4. The normalized spacial score (nSPS) is 13.0. The lowest BCUT2D eigenvalue weighted by atomic mass is 10.0. The van der Waals surface area contributed by atoms with Gasteiger partial charge < -0.3 is 15.8 Å². The maximum atomic E-state index is 13.0. The molecule has 0 aliphatic carbocycles. The minimum Gasteiger partial charge on any atom is -0.497 e. The number of hydrogen-bond acceptors (Lipinski definition) is 4. The van der Waals surface area contributed by atoms with Crippen LogP contribution in [-0.2, 0) is 6.18 Å². The molecule has 0 radical (unpaired) electrons. The Hall–Kier alpha value is -3.06.